The number of nitrogens with zero attached hydrogens (tertiary/aromatic N) is 1. The monoisotopic (exact) mass is 287 g/mol. The van der Waals surface area contributed by atoms with Crippen molar-refractivity contribution in [1.82, 2.24) is 10.3 Å². The molecule has 0 aliphatic rings. The van der Waals surface area contributed by atoms with Crippen LogP contribution in [-0.2, 0) is 6.54 Å². The van der Waals surface area contributed by atoms with E-state index in [1.54, 1.807) is 6.20 Å². The van der Waals surface area contributed by atoms with Gasteiger partial charge in [0.05, 0.1) is 18.3 Å². The summed E-state index contributed by atoms with van der Waals surface area (Å²) in [6.45, 7) is 7.04. The third kappa shape index (κ3) is 4.08. The van der Waals surface area contributed by atoms with E-state index in [1.807, 2.05) is 32.0 Å². The summed E-state index contributed by atoms with van der Waals surface area (Å²) in [4.78, 5) is 16.4. The van der Waals surface area contributed by atoms with Crippen LogP contribution in [0.1, 0.15) is 40.9 Å². The molecule has 0 atom stereocenters. The van der Waals surface area contributed by atoms with Gasteiger partial charge >= 0.3 is 0 Å². The number of carbonyl (C=O) groups is 1. The number of amides is 1. The molecular formula is C16H21N3O2. The van der Waals surface area contributed by atoms with Crippen LogP contribution in [0.15, 0.2) is 28.8 Å². The van der Waals surface area contributed by atoms with Crippen molar-refractivity contribution in [2.24, 2.45) is 0 Å². The first-order chi connectivity index (χ1) is 10.1. The maximum Gasteiger partial charge on any atom is 0.253 e. The standard InChI is InChI=1S/C16H21N3O2/c1-4-7-17-14-8-11(2)5-6-13(14)16(20)19-10-15-18-9-12(3)21-15/h5-6,8-9,17H,4,7,10H2,1-3H3,(H,19,20). The molecule has 5 nitrogen and oxygen atoms in total. The van der Waals surface area contributed by atoms with Gasteiger partial charge in [0.1, 0.15) is 5.76 Å². The minimum atomic E-state index is -0.135. The van der Waals surface area contributed by atoms with Crippen molar-refractivity contribution < 1.29 is 9.21 Å². The van der Waals surface area contributed by atoms with Crippen LogP contribution in [0.5, 0.6) is 0 Å². The number of aromatic nitrogens is 1. The normalized spacial score (nSPS) is 10.4. The molecule has 1 heterocycles. The minimum Gasteiger partial charge on any atom is -0.444 e. The summed E-state index contributed by atoms with van der Waals surface area (Å²) in [6, 6.07) is 5.75. The van der Waals surface area contributed by atoms with Crippen LogP contribution in [0.25, 0.3) is 0 Å². The number of aryl methyl sites for hydroxylation is 2. The van der Waals surface area contributed by atoms with Crippen LogP contribution in [0.4, 0.5) is 5.69 Å². The number of nitrogens with one attached hydrogen (secondary N) is 2. The number of benzene rings is 1. The predicted molar refractivity (Wildman–Crippen MR) is 82.4 cm³/mol. The fourth-order valence-corrected chi connectivity index (χ4v) is 2.00. The Morgan fingerprint density at radius 3 is 2.81 bits per heavy atom. The van der Waals surface area contributed by atoms with Crippen LogP contribution >= 0.6 is 0 Å². The Balaban J connectivity index is 2.07. The van der Waals surface area contributed by atoms with Crippen molar-refractivity contribution >= 4 is 11.6 Å². The highest BCUT2D eigenvalue weighted by atomic mass is 16.4. The molecule has 0 fully saturated rings. The maximum atomic E-state index is 12.3. The zero-order valence-corrected chi connectivity index (χ0v) is 12.7. The SMILES string of the molecule is CCCNc1cc(C)ccc1C(=O)NCc1ncc(C)o1. The van der Waals surface area contributed by atoms with Crippen molar-refractivity contribution in [3.05, 3.63) is 47.2 Å². The zero-order chi connectivity index (χ0) is 15.2. The number of oxazole rings is 1. The van der Waals surface area contributed by atoms with Gasteiger partial charge in [0.25, 0.3) is 5.91 Å². The van der Waals surface area contributed by atoms with Crippen LogP contribution in [0, 0.1) is 13.8 Å². The molecule has 2 rings (SSSR count). The number of hydrogen-bond donors (Lipinski definition) is 2. The highest BCUT2D eigenvalue weighted by Crippen LogP contribution is 2.18. The number of rotatable bonds is 6. The molecule has 0 radical (unpaired) electrons. The molecule has 0 aliphatic heterocycles. The molecule has 1 amide bonds. The van der Waals surface area contributed by atoms with E-state index in [1.165, 1.54) is 0 Å². The van der Waals surface area contributed by atoms with E-state index in [4.69, 9.17) is 4.42 Å². The first-order valence-electron chi connectivity index (χ1n) is 7.14. The van der Waals surface area contributed by atoms with E-state index in [0.717, 1.165) is 30.0 Å². The highest BCUT2D eigenvalue weighted by Gasteiger charge is 2.12. The summed E-state index contributed by atoms with van der Waals surface area (Å²) in [5.74, 6) is 1.11. The molecule has 1 aromatic carbocycles. The molecule has 2 N–H and O–H groups in total. The molecule has 112 valence electrons. The van der Waals surface area contributed by atoms with Gasteiger partial charge in [0.15, 0.2) is 0 Å². The molecule has 0 spiro atoms. The Labute approximate surface area is 124 Å². The molecule has 1 aromatic heterocycles. The van der Waals surface area contributed by atoms with Gasteiger partial charge in [0.2, 0.25) is 5.89 Å². The Morgan fingerprint density at radius 1 is 1.33 bits per heavy atom. The smallest absolute Gasteiger partial charge is 0.253 e. The van der Waals surface area contributed by atoms with Gasteiger partial charge in [-0.2, -0.15) is 0 Å². The lowest BCUT2D eigenvalue weighted by molar-refractivity contribution is 0.0948. The van der Waals surface area contributed by atoms with Gasteiger partial charge < -0.3 is 15.1 Å². The van der Waals surface area contributed by atoms with Crippen molar-refractivity contribution in [1.29, 1.82) is 0 Å². The molecular weight excluding hydrogens is 266 g/mol. The lowest BCUT2D eigenvalue weighted by Crippen LogP contribution is -2.24. The van der Waals surface area contributed by atoms with Gasteiger partial charge in [-0.25, -0.2) is 4.98 Å². The Bertz CT molecular complexity index is 620. The van der Waals surface area contributed by atoms with Gasteiger partial charge in [-0.15, -0.1) is 0 Å². The Kier molecular flexibility index (Phi) is 4.98. The lowest BCUT2D eigenvalue weighted by atomic mass is 10.1. The Morgan fingerprint density at radius 2 is 2.14 bits per heavy atom. The summed E-state index contributed by atoms with van der Waals surface area (Å²) in [5.41, 5.74) is 2.61. The lowest BCUT2D eigenvalue weighted by Gasteiger charge is -2.12. The van der Waals surface area contributed by atoms with Gasteiger partial charge in [-0.05, 0) is 38.0 Å². The van der Waals surface area contributed by atoms with Gasteiger partial charge in [0, 0.05) is 12.2 Å². The first kappa shape index (κ1) is 15.1. The third-order valence-electron chi connectivity index (χ3n) is 3.05. The molecule has 0 aliphatic carbocycles. The summed E-state index contributed by atoms with van der Waals surface area (Å²) in [7, 11) is 0. The van der Waals surface area contributed by atoms with Crippen molar-refractivity contribution in [3.8, 4) is 0 Å². The van der Waals surface area contributed by atoms with Crippen molar-refractivity contribution in [2.75, 3.05) is 11.9 Å². The molecule has 2 aromatic rings. The van der Waals surface area contributed by atoms with Crippen LogP contribution < -0.4 is 10.6 Å². The molecule has 0 bridgehead atoms. The van der Waals surface area contributed by atoms with Crippen molar-refractivity contribution in [2.45, 2.75) is 33.7 Å². The van der Waals surface area contributed by atoms with Gasteiger partial charge in [-0.3, -0.25) is 4.79 Å². The zero-order valence-electron chi connectivity index (χ0n) is 12.7. The second-order valence-electron chi connectivity index (χ2n) is 5.02. The molecule has 21 heavy (non-hydrogen) atoms. The van der Waals surface area contributed by atoms with Crippen LogP contribution in [0.2, 0.25) is 0 Å². The fourth-order valence-electron chi connectivity index (χ4n) is 2.00. The van der Waals surface area contributed by atoms with E-state index in [-0.39, 0.29) is 12.5 Å². The van der Waals surface area contributed by atoms with Gasteiger partial charge in [-0.1, -0.05) is 13.0 Å². The molecule has 0 unspecified atom stereocenters. The summed E-state index contributed by atoms with van der Waals surface area (Å²) < 4.78 is 5.34. The number of carbonyl (C=O) groups excluding carboxylic acids is 1. The maximum absolute atomic E-state index is 12.3. The average Bonchev–Trinajstić information content (AvgIpc) is 2.88. The Hall–Kier alpha value is -2.30. The molecule has 0 saturated heterocycles. The van der Waals surface area contributed by atoms with Crippen molar-refractivity contribution in [3.63, 3.8) is 0 Å². The number of anilines is 1. The highest BCUT2D eigenvalue weighted by molar-refractivity contribution is 5.99. The van der Waals surface area contributed by atoms with E-state index in [9.17, 15) is 4.79 Å². The molecule has 5 heteroatoms. The fraction of sp³-hybridized carbons (Fsp3) is 0.375. The second-order valence-corrected chi connectivity index (χ2v) is 5.02. The van der Waals surface area contributed by atoms with E-state index < -0.39 is 0 Å². The summed E-state index contributed by atoms with van der Waals surface area (Å²) >= 11 is 0. The van der Waals surface area contributed by atoms with E-state index >= 15 is 0 Å². The second kappa shape index (κ2) is 6.92. The summed E-state index contributed by atoms with van der Waals surface area (Å²) in [5, 5.41) is 6.12. The van der Waals surface area contributed by atoms with Crippen LogP contribution in [-0.4, -0.2) is 17.4 Å². The van der Waals surface area contributed by atoms with E-state index in [2.05, 4.69) is 22.5 Å². The quantitative estimate of drug-likeness (QED) is 0.857. The summed E-state index contributed by atoms with van der Waals surface area (Å²) in [6.07, 6.45) is 2.65. The van der Waals surface area contributed by atoms with Crippen LogP contribution in [0.3, 0.4) is 0 Å². The number of hydrogen-bond acceptors (Lipinski definition) is 4. The predicted octanol–water partition coefficient (Wildman–Crippen LogP) is 3.04. The first-order valence-corrected chi connectivity index (χ1v) is 7.14. The van der Waals surface area contributed by atoms with E-state index in [0.29, 0.717) is 11.5 Å². The largest absolute Gasteiger partial charge is 0.444 e. The average molecular weight is 287 g/mol. The third-order valence-corrected chi connectivity index (χ3v) is 3.05. The minimum absolute atomic E-state index is 0.135. The topological polar surface area (TPSA) is 67.2 Å². The molecule has 0 saturated carbocycles.